The van der Waals surface area contributed by atoms with Crippen LogP contribution >= 0.6 is 38.9 Å². The minimum Gasteiger partial charge on any atom is -0.298 e. The molecule has 12 heavy (non-hydrogen) atoms. The highest BCUT2D eigenvalue weighted by molar-refractivity contribution is 9.10. The number of carbonyl (C=O) groups excluding carboxylic acids is 1. The SMILES string of the molecule is C/C(C=O)=C\c1cc(Br)c(Cl)s1. The molecule has 1 rings (SSSR count). The first-order chi connectivity index (χ1) is 5.63. The van der Waals surface area contributed by atoms with Gasteiger partial charge in [0.15, 0.2) is 0 Å². The number of hydrogen-bond donors (Lipinski definition) is 0. The van der Waals surface area contributed by atoms with Crippen LogP contribution in [-0.4, -0.2) is 6.29 Å². The normalized spacial score (nSPS) is 11.8. The van der Waals surface area contributed by atoms with Crippen molar-refractivity contribution in [3.63, 3.8) is 0 Å². The first-order valence-corrected chi connectivity index (χ1v) is 5.20. The van der Waals surface area contributed by atoms with Crippen molar-refractivity contribution in [3.8, 4) is 0 Å². The lowest BCUT2D eigenvalue weighted by molar-refractivity contribution is -0.104. The Balaban J connectivity index is 2.97. The van der Waals surface area contributed by atoms with Crippen LogP contribution in [0.25, 0.3) is 6.08 Å². The monoisotopic (exact) mass is 264 g/mol. The lowest BCUT2D eigenvalue weighted by atomic mass is 10.3. The summed E-state index contributed by atoms with van der Waals surface area (Å²) < 4.78 is 1.58. The van der Waals surface area contributed by atoms with Crippen molar-refractivity contribution in [1.29, 1.82) is 0 Å². The molecule has 1 aromatic heterocycles. The quantitative estimate of drug-likeness (QED) is 0.588. The first-order valence-electron chi connectivity index (χ1n) is 3.22. The van der Waals surface area contributed by atoms with E-state index in [0.29, 0.717) is 9.91 Å². The number of aldehydes is 1. The Morgan fingerprint density at radius 1 is 1.75 bits per heavy atom. The Morgan fingerprint density at radius 3 is 2.83 bits per heavy atom. The van der Waals surface area contributed by atoms with Gasteiger partial charge in [0.1, 0.15) is 10.6 Å². The molecule has 0 unspecified atom stereocenters. The Bertz CT molecular complexity index is 310. The number of halogens is 2. The van der Waals surface area contributed by atoms with E-state index in [9.17, 15) is 4.79 Å². The molecular weight excluding hydrogens is 260 g/mol. The van der Waals surface area contributed by atoms with Gasteiger partial charge in [-0.1, -0.05) is 11.6 Å². The molecular formula is C8H6BrClOS. The van der Waals surface area contributed by atoms with E-state index in [4.69, 9.17) is 11.6 Å². The average molecular weight is 266 g/mol. The highest BCUT2D eigenvalue weighted by Gasteiger charge is 2.01. The summed E-state index contributed by atoms with van der Waals surface area (Å²) in [6.07, 6.45) is 2.62. The Hall–Kier alpha value is -0.120. The minimum absolute atomic E-state index is 0.695. The highest BCUT2D eigenvalue weighted by Crippen LogP contribution is 2.32. The fourth-order valence-corrected chi connectivity index (χ4v) is 2.44. The third-order valence-corrected chi connectivity index (χ3v) is 3.64. The lowest BCUT2D eigenvalue weighted by Gasteiger charge is -1.84. The lowest BCUT2D eigenvalue weighted by Crippen LogP contribution is -1.72. The molecule has 0 aliphatic carbocycles. The highest BCUT2D eigenvalue weighted by atomic mass is 79.9. The third-order valence-electron chi connectivity index (χ3n) is 1.22. The molecule has 0 saturated carbocycles. The summed E-state index contributed by atoms with van der Waals surface area (Å²) in [5, 5.41) is 0. The fraction of sp³-hybridized carbons (Fsp3) is 0.125. The van der Waals surface area contributed by atoms with Crippen LogP contribution in [0.1, 0.15) is 11.8 Å². The number of rotatable bonds is 2. The first kappa shape index (κ1) is 9.96. The van der Waals surface area contributed by atoms with Crippen LogP contribution in [0.4, 0.5) is 0 Å². The van der Waals surface area contributed by atoms with Crippen LogP contribution in [0.2, 0.25) is 4.34 Å². The Labute approximate surface area is 88.2 Å². The van der Waals surface area contributed by atoms with E-state index >= 15 is 0 Å². The van der Waals surface area contributed by atoms with E-state index in [1.807, 2.05) is 6.07 Å². The van der Waals surface area contributed by atoms with Crippen LogP contribution in [0, 0.1) is 0 Å². The molecule has 0 bridgehead atoms. The standard InChI is InChI=1S/C8H6BrClOS/c1-5(4-11)2-6-3-7(9)8(10)12-6/h2-4H,1H3/b5-2+. The number of thiophene rings is 1. The van der Waals surface area contributed by atoms with Gasteiger partial charge in [-0.25, -0.2) is 0 Å². The molecule has 0 spiro atoms. The Morgan fingerprint density at radius 2 is 2.42 bits per heavy atom. The summed E-state index contributed by atoms with van der Waals surface area (Å²) in [5.41, 5.74) is 0.695. The summed E-state index contributed by atoms with van der Waals surface area (Å²) in [5.74, 6) is 0. The minimum atomic E-state index is 0.695. The van der Waals surface area contributed by atoms with Gasteiger partial charge in [0.2, 0.25) is 0 Å². The summed E-state index contributed by atoms with van der Waals surface area (Å²) in [4.78, 5) is 11.3. The molecule has 0 radical (unpaired) electrons. The summed E-state index contributed by atoms with van der Waals surface area (Å²) >= 11 is 10.5. The molecule has 1 aromatic rings. The number of allylic oxidation sites excluding steroid dienone is 1. The van der Waals surface area contributed by atoms with E-state index in [2.05, 4.69) is 15.9 Å². The van der Waals surface area contributed by atoms with Gasteiger partial charge in [0.25, 0.3) is 0 Å². The van der Waals surface area contributed by atoms with Crippen molar-refractivity contribution < 1.29 is 4.79 Å². The van der Waals surface area contributed by atoms with Gasteiger partial charge in [0, 0.05) is 9.35 Å². The summed E-state index contributed by atoms with van der Waals surface area (Å²) in [7, 11) is 0. The fourth-order valence-electron chi connectivity index (χ4n) is 0.693. The molecule has 64 valence electrons. The number of hydrogen-bond acceptors (Lipinski definition) is 2. The Kier molecular flexibility index (Phi) is 3.50. The molecule has 0 fully saturated rings. The van der Waals surface area contributed by atoms with E-state index in [1.165, 1.54) is 11.3 Å². The van der Waals surface area contributed by atoms with E-state index in [-0.39, 0.29) is 0 Å². The topological polar surface area (TPSA) is 17.1 Å². The summed E-state index contributed by atoms with van der Waals surface area (Å²) in [6, 6.07) is 1.89. The van der Waals surface area contributed by atoms with Crippen LogP contribution in [0.5, 0.6) is 0 Å². The third kappa shape index (κ3) is 2.44. The zero-order valence-electron chi connectivity index (χ0n) is 6.30. The molecule has 0 aliphatic heterocycles. The van der Waals surface area contributed by atoms with Crippen molar-refractivity contribution in [2.24, 2.45) is 0 Å². The molecule has 4 heteroatoms. The van der Waals surface area contributed by atoms with Crippen molar-refractivity contribution in [1.82, 2.24) is 0 Å². The predicted octanol–water partition coefficient (Wildman–Crippen LogP) is 3.77. The van der Waals surface area contributed by atoms with Gasteiger partial charge in [0.05, 0.1) is 0 Å². The van der Waals surface area contributed by atoms with Crippen LogP contribution in [0.3, 0.4) is 0 Å². The average Bonchev–Trinajstić information content (AvgIpc) is 2.31. The smallest absolute Gasteiger partial charge is 0.145 e. The van der Waals surface area contributed by atoms with Gasteiger partial charge in [-0.05, 0) is 40.6 Å². The van der Waals surface area contributed by atoms with Crippen LogP contribution < -0.4 is 0 Å². The zero-order valence-corrected chi connectivity index (χ0v) is 9.46. The van der Waals surface area contributed by atoms with Gasteiger partial charge < -0.3 is 0 Å². The molecule has 0 aliphatic rings. The van der Waals surface area contributed by atoms with Crippen molar-refractivity contribution in [2.45, 2.75) is 6.92 Å². The molecule has 0 amide bonds. The van der Waals surface area contributed by atoms with E-state index < -0.39 is 0 Å². The van der Waals surface area contributed by atoms with E-state index in [1.54, 1.807) is 13.0 Å². The van der Waals surface area contributed by atoms with Gasteiger partial charge in [-0.15, -0.1) is 11.3 Å². The number of carbonyl (C=O) groups is 1. The maximum Gasteiger partial charge on any atom is 0.145 e. The second kappa shape index (κ2) is 4.21. The van der Waals surface area contributed by atoms with E-state index in [0.717, 1.165) is 15.6 Å². The molecule has 1 heterocycles. The van der Waals surface area contributed by atoms with Crippen LogP contribution in [0.15, 0.2) is 16.1 Å². The van der Waals surface area contributed by atoms with Crippen molar-refractivity contribution in [3.05, 3.63) is 25.3 Å². The predicted molar refractivity (Wildman–Crippen MR) is 56.7 cm³/mol. The van der Waals surface area contributed by atoms with Crippen LogP contribution in [-0.2, 0) is 4.79 Å². The van der Waals surface area contributed by atoms with Gasteiger partial charge in [-0.3, -0.25) is 4.79 Å². The second-order valence-electron chi connectivity index (χ2n) is 2.28. The maximum absolute atomic E-state index is 10.3. The van der Waals surface area contributed by atoms with Crippen molar-refractivity contribution >= 4 is 51.2 Å². The molecule has 0 atom stereocenters. The molecule has 0 N–H and O–H groups in total. The molecule has 0 aromatic carbocycles. The second-order valence-corrected chi connectivity index (χ2v) is 4.82. The summed E-state index contributed by atoms with van der Waals surface area (Å²) in [6.45, 7) is 1.76. The molecule has 1 nitrogen and oxygen atoms in total. The molecule has 0 saturated heterocycles. The van der Waals surface area contributed by atoms with Gasteiger partial charge in [-0.2, -0.15) is 0 Å². The van der Waals surface area contributed by atoms with Gasteiger partial charge >= 0.3 is 0 Å². The zero-order chi connectivity index (χ0) is 9.14. The van der Waals surface area contributed by atoms with Crippen molar-refractivity contribution in [2.75, 3.05) is 0 Å². The largest absolute Gasteiger partial charge is 0.298 e. The maximum atomic E-state index is 10.3.